The molecule has 4 N–H and O–H groups in total. The molecular formula is C16H18FN7O2S. The van der Waals surface area contributed by atoms with Crippen LogP contribution < -0.4 is 11.1 Å². The van der Waals surface area contributed by atoms with E-state index in [2.05, 4.69) is 25.9 Å². The van der Waals surface area contributed by atoms with Crippen molar-refractivity contribution in [3.63, 3.8) is 0 Å². The number of carbonyl (C=O) groups is 2. The second-order valence-electron chi connectivity index (χ2n) is 7.05. The van der Waals surface area contributed by atoms with E-state index >= 15 is 0 Å². The average Bonchev–Trinajstić information content (AvgIpc) is 3.23. The molecule has 0 bridgehead atoms. The van der Waals surface area contributed by atoms with Gasteiger partial charge in [-0.25, -0.2) is 4.39 Å². The molecule has 0 saturated carbocycles. The van der Waals surface area contributed by atoms with Gasteiger partial charge in [0.15, 0.2) is 5.82 Å². The summed E-state index contributed by atoms with van der Waals surface area (Å²) in [6.45, 7) is 3.98. The molecule has 0 aliphatic carbocycles. The van der Waals surface area contributed by atoms with Crippen molar-refractivity contribution < 1.29 is 14.0 Å². The van der Waals surface area contributed by atoms with Crippen LogP contribution >= 0.6 is 11.8 Å². The minimum atomic E-state index is -1.06. The second kappa shape index (κ2) is 6.27. The zero-order valence-corrected chi connectivity index (χ0v) is 15.4. The van der Waals surface area contributed by atoms with Gasteiger partial charge in [0, 0.05) is 4.75 Å². The first-order valence-electron chi connectivity index (χ1n) is 8.34. The summed E-state index contributed by atoms with van der Waals surface area (Å²) in [4.78, 5) is 26.8. The molecule has 0 spiro atoms. The van der Waals surface area contributed by atoms with Gasteiger partial charge in [-0.15, -0.1) is 22.0 Å². The van der Waals surface area contributed by atoms with Crippen molar-refractivity contribution in [3.8, 4) is 0 Å². The van der Waals surface area contributed by atoms with E-state index in [4.69, 9.17) is 5.73 Å². The Balaban J connectivity index is 1.49. The Morgan fingerprint density at radius 2 is 2.26 bits per heavy atom. The molecule has 11 heteroatoms. The van der Waals surface area contributed by atoms with Gasteiger partial charge in [0.05, 0.1) is 0 Å². The summed E-state index contributed by atoms with van der Waals surface area (Å²) >= 11 is 1.56. The third-order valence-electron chi connectivity index (χ3n) is 4.84. The third-order valence-corrected chi connectivity index (χ3v) is 6.41. The van der Waals surface area contributed by atoms with Crippen molar-refractivity contribution in [1.29, 1.82) is 0 Å². The summed E-state index contributed by atoms with van der Waals surface area (Å²) in [5, 5.41) is 16.4. The number of amides is 2. The molecule has 2 amide bonds. The van der Waals surface area contributed by atoms with Crippen LogP contribution in [-0.2, 0) is 9.59 Å². The molecule has 0 radical (unpaired) electrons. The summed E-state index contributed by atoms with van der Waals surface area (Å²) in [7, 11) is 0. The predicted octanol–water partition coefficient (Wildman–Crippen LogP) is 0.258. The molecule has 2 aliphatic heterocycles. The van der Waals surface area contributed by atoms with E-state index in [1.165, 1.54) is 18.2 Å². The number of H-pyrrole nitrogens is 1. The fraction of sp³-hybridized carbons (Fsp3) is 0.438. The minimum Gasteiger partial charge on any atom is -0.340 e. The van der Waals surface area contributed by atoms with Crippen molar-refractivity contribution in [2.75, 3.05) is 0 Å². The number of nitrogens with one attached hydrogen (secondary N) is 2. The Morgan fingerprint density at radius 3 is 2.93 bits per heavy atom. The highest BCUT2D eigenvalue weighted by molar-refractivity contribution is 8.01. The van der Waals surface area contributed by atoms with Crippen LogP contribution in [0.5, 0.6) is 0 Å². The number of hydrogen-bond acceptors (Lipinski definition) is 7. The molecule has 1 aromatic carbocycles. The third kappa shape index (κ3) is 2.86. The van der Waals surface area contributed by atoms with E-state index < -0.39 is 23.8 Å². The molecule has 2 aliphatic rings. The van der Waals surface area contributed by atoms with Crippen molar-refractivity contribution >= 4 is 23.6 Å². The number of aromatic amines is 1. The summed E-state index contributed by atoms with van der Waals surface area (Å²) in [6.07, 6.45) is 0. The lowest BCUT2D eigenvalue weighted by Gasteiger charge is -2.44. The number of fused-ring (bicyclic) bond motifs is 1. The summed E-state index contributed by atoms with van der Waals surface area (Å²) in [6, 6.07) is 3.44. The Bertz CT molecular complexity index is 891. The van der Waals surface area contributed by atoms with Gasteiger partial charge >= 0.3 is 0 Å². The van der Waals surface area contributed by atoms with Gasteiger partial charge in [-0.1, -0.05) is 17.3 Å². The Labute approximate surface area is 158 Å². The van der Waals surface area contributed by atoms with E-state index in [-0.39, 0.29) is 22.1 Å². The fourth-order valence-electron chi connectivity index (χ4n) is 3.54. The molecule has 142 valence electrons. The zero-order valence-electron chi connectivity index (χ0n) is 14.6. The molecule has 4 atom stereocenters. The number of nitrogens with two attached hydrogens (primary N) is 1. The van der Waals surface area contributed by atoms with Crippen LogP contribution in [0, 0.1) is 5.82 Å². The first kappa shape index (κ1) is 17.9. The van der Waals surface area contributed by atoms with Gasteiger partial charge in [0.25, 0.3) is 0 Å². The van der Waals surface area contributed by atoms with Crippen LogP contribution in [0.4, 0.5) is 4.39 Å². The standard InChI is InChI=1S/C16H18FN7O2S/c1-16(2)11(12-20-22-23-21-12)24-14(26)10(15(24)27-16)19-13(25)9(18)7-4-3-5-8(17)6-7/h3-6,9-11,15H,18H2,1-2H3,(H,19,25)(H,20,21,22,23)/t9?,10?,11?,15-/m0/s1. The zero-order chi connectivity index (χ0) is 19.3. The number of rotatable bonds is 4. The number of carbonyl (C=O) groups excluding carboxylic acids is 2. The highest BCUT2D eigenvalue weighted by atomic mass is 32.2. The number of benzene rings is 1. The monoisotopic (exact) mass is 391 g/mol. The largest absolute Gasteiger partial charge is 0.340 e. The van der Waals surface area contributed by atoms with E-state index in [0.29, 0.717) is 11.4 Å². The van der Waals surface area contributed by atoms with E-state index in [1.54, 1.807) is 22.7 Å². The quantitative estimate of drug-likeness (QED) is 0.637. The summed E-state index contributed by atoms with van der Waals surface area (Å²) in [5.74, 6) is -0.796. The van der Waals surface area contributed by atoms with E-state index in [0.717, 1.165) is 0 Å². The summed E-state index contributed by atoms with van der Waals surface area (Å²) < 4.78 is 13.0. The smallest absolute Gasteiger partial charge is 0.249 e. The van der Waals surface area contributed by atoms with Crippen molar-refractivity contribution in [2.45, 2.75) is 42.1 Å². The van der Waals surface area contributed by atoms with Crippen molar-refractivity contribution in [2.24, 2.45) is 5.73 Å². The lowest BCUT2D eigenvalue weighted by Crippen LogP contribution is -2.68. The number of nitrogens with zero attached hydrogens (tertiary/aromatic N) is 4. The minimum absolute atomic E-state index is 0.229. The SMILES string of the molecule is CC1(C)S[C@H]2C(NC(=O)C(N)c3cccc(F)c3)C(=O)N2C1c1nn[nH]n1. The predicted molar refractivity (Wildman–Crippen MR) is 94.5 cm³/mol. The van der Waals surface area contributed by atoms with Crippen molar-refractivity contribution in [1.82, 2.24) is 30.8 Å². The fourth-order valence-corrected chi connectivity index (χ4v) is 5.17. The number of aromatic nitrogens is 4. The van der Waals surface area contributed by atoms with E-state index in [1.807, 2.05) is 13.8 Å². The maximum absolute atomic E-state index is 13.4. The molecule has 1 aromatic heterocycles. The number of β-lactam (4-membered cyclic amide) rings is 1. The molecule has 9 nitrogen and oxygen atoms in total. The van der Waals surface area contributed by atoms with Gasteiger partial charge in [-0.3, -0.25) is 9.59 Å². The lowest BCUT2D eigenvalue weighted by molar-refractivity contribution is -0.152. The van der Waals surface area contributed by atoms with Crippen LogP contribution in [0.25, 0.3) is 0 Å². The number of thioether (sulfide) groups is 1. The van der Waals surface area contributed by atoms with Crippen LogP contribution in [0.3, 0.4) is 0 Å². The Kier molecular flexibility index (Phi) is 4.15. The molecule has 3 unspecified atom stereocenters. The van der Waals surface area contributed by atoms with Gasteiger partial charge in [0.1, 0.15) is 29.3 Å². The van der Waals surface area contributed by atoms with E-state index in [9.17, 15) is 14.0 Å². The maximum Gasteiger partial charge on any atom is 0.249 e. The van der Waals surface area contributed by atoms with Gasteiger partial charge in [-0.2, -0.15) is 5.21 Å². The average molecular weight is 391 g/mol. The first-order valence-corrected chi connectivity index (χ1v) is 9.22. The highest BCUT2D eigenvalue weighted by Gasteiger charge is 2.63. The molecule has 2 fully saturated rings. The first-order chi connectivity index (χ1) is 12.8. The molecule has 2 saturated heterocycles. The molecule has 27 heavy (non-hydrogen) atoms. The molecule has 4 rings (SSSR count). The number of halogens is 1. The van der Waals surface area contributed by atoms with Crippen LogP contribution in [0.2, 0.25) is 0 Å². The highest BCUT2D eigenvalue weighted by Crippen LogP contribution is 2.56. The molecular weight excluding hydrogens is 373 g/mol. The normalized spacial score (nSPS) is 27.0. The maximum atomic E-state index is 13.4. The summed E-state index contributed by atoms with van der Waals surface area (Å²) in [5.41, 5.74) is 6.28. The lowest BCUT2D eigenvalue weighted by atomic mass is 9.95. The van der Waals surface area contributed by atoms with Gasteiger partial charge < -0.3 is 16.0 Å². The number of tetrazole rings is 1. The second-order valence-corrected chi connectivity index (χ2v) is 8.82. The van der Waals surface area contributed by atoms with Crippen molar-refractivity contribution in [3.05, 3.63) is 41.5 Å². The Morgan fingerprint density at radius 1 is 1.48 bits per heavy atom. The Hall–Kier alpha value is -2.53. The van der Waals surface area contributed by atoms with Gasteiger partial charge in [-0.05, 0) is 31.5 Å². The van der Waals surface area contributed by atoms with Crippen LogP contribution in [0.1, 0.15) is 37.3 Å². The molecule has 3 heterocycles. The van der Waals surface area contributed by atoms with Crippen LogP contribution in [-0.4, -0.2) is 53.5 Å². The molecule has 2 aromatic rings. The van der Waals surface area contributed by atoms with Crippen LogP contribution in [0.15, 0.2) is 24.3 Å². The van der Waals surface area contributed by atoms with Gasteiger partial charge in [0.2, 0.25) is 11.8 Å². The number of hydrogen-bond donors (Lipinski definition) is 3. The topological polar surface area (TPSA) is 130 Å².